The largest absolute Gasteiger partial charge is 0.398 e. The summed E-state index contributed by atoms with van der Waals surface area (Å²) in [6.45, 7) is 0. The van der Waals surface area contributed by atoms with Crippen molar-refractivity contribution in [1.29, 1.82) is 0 Å². The summed E-state index contributed by atoms with van der Waals surface area (Å²) in [7, 11) is 0. The fraction of sp³-hybridized carbons (Fsp3) is 0.0769. The van der Waals surface area contributed by atoms with Crippen LogP contribution in [0, 0.1) is 5.95 Å². The van der Waals surface area contributed by atoms with E-state index in [1.54, 1.807) is 24.3 Å². The number of anilines is 2. The highest BCUT2D eigenvalue weighted by atomic mass is 19.1. The van der Waals surface area contributed by atoms with Crippen molar-refractivity contribution >= 4 is 17.4 Å². The molecule has 0 saturated carbocycles. The Bertz CT molecular complexity index is 572. The zero-order valence-electron chi connectivity index (χ0n) is 9.56. The zero-order valence-corrected chi connectivity index (χ0v) is 9.56. The van der Waals surface area contributed by atoms with Crippen LogP contribution in [0.4, 0.5) is 15.9 Å². The number of hydrogen-bond acceptors (Lipinski definition) is 3. The Morgan fingerprint density at radius 3 is 2.72 bits per heavy atom. The van der Waals surface area contributed by atoms with E-state index in [-0.39, 0.29) is 18.1 Å². The van der Waals surface area contributed by atoms with Crippen molar-refractivity contribution in [1.82, 2.24) is 4.98 Å². The summed E-state index contributed by atoms with van der Waals surface area (Å²) in [6, 6.07) is 11.3. The molecule has 0 atom stereocenters. The van der Waals surface area contributed by atoms with Crippen molar-refractivity contribution in [2.45, 2.75) is 6.42 Å². The van der Waals surface area contributed by atoms with E-state index in [2.05, 4.69) is 10.3 Å². The van der Waals surface area contributed by atoms with Crippen molar-refractivity contribution in [3.63, 3.8) is 0 Å². The molecule has 0 fully saturated rings. The number of aromatic nitrogens is 1. The van der Waals surface area contributed by atoms with Crippen molar-refractivity contribution in [3.05, 3.63) is 54.0 Å². The van der Waals surface area contributed by atoms with Crippen LogP contribution in [0.2, 0.25) is 0 Å². The minimum Gasteiger partial charge on any atom is -0.398 e. The van der Waals surface area contributed by atoms with E-state index >= 15 is 0 Å². The van der Waals surface area contributed by atoms with Crippen LogP contribution in [0.25, 0.3) is 0 Å². The first kappa shape index (κ1) is 12.0. The van der Waals surface area contributed by atoms with Crippen molar-refractivity contribution in [2.75, 3.05) is 11.1 Å². The van der Waals surface area contributed by atoms with Crippen LogP contribution in [0.5, 0.6) is 0 Å². The van der Waals surface area contributed by atoms with Crippen molar-refractivity contribution in [2.24, 2.45) is 0 Å². The number of carbonyl (C=O) groups is 1. The standard InChI is InChI=1S/C13H12FN3O/c14-11-6-3-7-12(16-11)17-13(18)8-9-4-1-2-5-10(9)15/h1-7H,8,15H2,(H,16,17,18). The maximum atomic E-state index is 12.8. The molecule has 0 bridgehead atoms. The maximum Gasteiger partial charge on any atom is 0.230 e. The third-order valence-corrected chi connectivity index (χ3v) is 2.39. The van der Waals surface area contributed by atoms with E-state index in [9.17, 15) is 9.18 Å². The molecule has 18 heavy (non-hydrogen) atoms. The molecule has 5 heteroatoms. The Morgan fingerprint density at radius 2 is 2.00 bits per heavy atom. The van der Waals surface area contributed by atoms with Crippen LogP contribution in [0.3, 0.4) is 0 Å². The molecule has 0 unspecified atom stereocenters. The van der Waals surface area contributed by atoms with E-state index in [0.717, 1.165) is 5.56 Å². The predicted octanol–water partition coefficient (Wildman–Crippen LogP) is 1.98. The van der Waals surface area contributed by atoms with Gasteiger partial charge in [0.05, 0.1) is 6.42 Å². The lowest BCUT2D eigenvalue weighted by Gasteiger charge is -2.06. The number of nitrogen functional groups attached to an aromatic ring is 1. The summed E-state index contributed by atoms with van der Waals surface area (Å²) in [5.41, 5.74) is 7.01. The van der Waals surface area contributed by atoms with Gasteiger partial charge in [0.15, 0.2) is 0 Å². The highest BCUT2D eigenvalue weighted by Crippen LogP contribution is 2.12. The van der Waals surface area contributed by atoms with E-state index in [1.807, 2.05) is 0 Å². The Labute approximate surface area is 104 Å². The molecule has 3 N–H and O–H groups in total. The smallest absolute Gasteiger partial charge is 0.230 e. The molecule has 1 heterocycles. The molecule has 0 aliphatic carbocycles. The van der Waals surface area contributed by atoms with Crippen LogP contribution in [0.15, 0.2) is 42.5 Å². The molecule has 0 saturated heterocycles. The van der Waals surface area contributed by atoms with Gasteiger partial charge < -0.3 is 11.1 Å². The van der Waals surface area contributed by atoms with Gasteiger partial charge in [0, 0.05) is 5.69 Å². The lowest BCUT2D eigenvalue weighted by Crippen LogP contribution is -2.16. The number of benzene rings is 1. The molecule has 2 aromatic rings. The van der Waals surface area contributed by atoms with Crippen LogP contribution < -0.4 is 11.1 Å². The number of halogens is 1. The van der Waals surface area contributed by atoms with Crippen LogP contribution in [-0.2, 0) is 11.2 Å². The molecule has 1 aromatic heterocycles. The molecule has 0 aliphatic rings. The lowest BCUT2D eigenvalue weighted by atomic mass is 10.1. The van der Waals surface area contributed by atoms with Crippen molar-refractivity contribution < 1.29 is 9.18 Å². The quantitative estimate of drug-likeness (QED) is 0.641. The molecule has 92 valence electrons. The summed E-state index contributed by atoms with van der Waals surface area (Å²) in [4.78, 5) is 15.3. The Morgan fingerprint density at radius 1 is 1.22 bits per heavy atom. The van der Waals surface area contributed by atoms with Crippen molar-refractivity contribution in [3.8, 4) is 0 Å². The number of rotatable bonds is 3. The van der Waals surface area contributed by atoms with Crippen LogP contribution >= 0.6 is 0 Å². The summed E-state index contributed by atoms with van der Waals surface area (Å²) in [5.74, 6) is -0.729. The summed E-state index contributed by atoms with van der Waals surface area (Å²) in [5, 5.41) is 2.51. The topological polar surface area (TPSA) is 68.0 Å². The van der Waals surface area contributed by atoms with E-state index < -0.39 is 5.95 Å². The number of pyridine rings is 1. The third kappa shape index (κ3) is 3.04. The monoisotopic (exact) mass is 245 g/mol. The zero-order chi connectivity index (χ0) is 13.0. The lowest BCUT2D eigenvalue weighted by molar-refractivity contribution is -0.115. The molecule has 0 spiro atoms. The van der Waals surface area contributed by atoms with Gasteiger partial charge >= 0.3 is 0 Å². The van der Waals surface area contributed by atoms with Gasteiger partial charge in [-0.2, -0.15) is 4.39 Å². The van der Waals surface area contributed by atoms with Crippen LogP contribution in [-0.4, -0.2) is 10.9 Å². The third-order valence-electron chi connectivity index (χ3n) is 2.39. The van der Waals surface area contributed by atoms with E-state index in [1.165, 1.54) is 18.2 Å². The van der Waals surface area contributed by atoms with Gasteiger partial charge in [0.1, 0.15) is 5.82 Å². The summed E-state index contributed by atoms with van der Waals surface area (Å²) >= 11 is 0. The van der Waals surface area contributed by atoms with E-state index in [4.69, 9.17) is 5.73 Å². The number of nitrogens with one attached hydrogen (secondary N) is 1. The van der Waals surface area contributed by atoms with E-state index in [0.29, 0.717) is 5.69 Å². The molecule has 2 rings (SSSR count). The van der Waals surface area contributed by atoms with Gasteiger partial charge in [0.25, 0.3) is 0 Å². The Kier molecular flexibility index (Phi) is 3.52. The first-order chi connectivity index (χ1) is 8.65. The molecule has 1 amide bonds. The SMILES string of the molecule is Nc1ccccc1CC(=O)Nc1cccc(F)n1. The van der Waals surface area contributed by atoms with Gasteiger partial charge in [-0.25, -0.2) is 4.98 Å². The average Bonchev–Trinajstić information content (AvgIpc) is 2.32. The highest BCUT2D eigenvalue weighted by Gasteiger charge is 2.07. The summed E-state index contributed by atoms with van der Waals surface area (Å²) < 4.78 is 12.8. The fourth-order valence-corrected chi connectivity index (χ4v) is 1.53. The fourth-order valence-electron chi connectivity index (χ4n) is 1.53. The number of nitrogens with zero attached hydrogens (tertiary/aromatic N) is 1. The minimum absolute atomic E-state index is 0.130. The normalized spacial score (nSPS) is 10.1. The minimum atomic E-state index is -0.632. The number of carbonyl (C=O) groups excluding carboxylic acids is 1. The second-order valence-corrected chi connectivity index (χ2v) is 3.77. The number of hydrogen-bond donors (Lipinski definition) is 2. The van der Waals surface area contributed by atoms with Crippen LogP contribution in [0.1, 0.15) is 5.56 Å². The first-order valence-corrected chi connectivity index (χ1v) is 5.41. The molecule has 0 aliphatic heterocycles. The second-order valence-electron chi connectivity index (χ2n) is 3.77. The van der Waals surface area contributed by atoms with Gasteiger partial charge in [0.2, 0.25) is 11.9 Å². The Balaban J connectivity index is 2.03. The molecular weight excluding hydrogens is 233 g/mol. The molecule has 4 nitrogen and oxygen atoms in total. The first-order valence-electron chi connectivity index (χ1n) is 5.41. The molecule has 0 radical (unpaired) electrons. The maximum absolute atomic E-state index is 12.8. The number of nitrogens with two attached hydrogens (primary N) is 1. The van der Waals surface area contributed by atoms with Gasteiger partial charge in [-0.1, -0.05) is 24.3 Å². The predicted molar refractivity (Wildman–Crippen MR) is 67.4 cm³/mol. The number of amides is 1. The average molecular weight is 245 g/mol. The van der Waals surface area contributed by atoms with Gasteiger partial charge in [-0.15, -0.1) is 0 Å². The second kappa shape index (κ2) is 5.27. The molecular formula is C13H12FN3O. The molecule has 1 aromatic carbocycles. The highest BCUT2D eigenvalue weighted by molar-refractivity contribution is 5.92. The summed E-state index contributed by atoms with van der Waals surface area (Å²) in [6.07, 6.45) is 0.130. The number of para-hydroxylation sites is 1. The Hall–Kier alpha value is -2.43. The van der Waals surface area contributed by atoms with Gasteiger partial charge in [-0.05, 0) is 23.8 Å². The van der Waals surface area contributed by atoms with Gasteiger partial charge in [-0.3, -0.25) is 4.79 Å².